The molecule has 0 saturated heterocycles. The molecule has 0 bridgehead atoms. The summed E-state index contributed by atoms with van der Waals surface area (Å²) in [6.07, 6.45) is 6.00. The molecule has 0 aliphatic rings. The molecule has 0 fully saturated rings. The molecule has 0 spiro atoms. The summed E-state index contributed by atoms with van der Waals surface area (Å²) >= 11 is 0. The van der Waals surface area contributed by atoms with Crippen LogP contribution >= 0.6 is 0 Å². The second-order valence-corrected chi connectivity index (χ2v) is 9.80. The summed E-state index contributed by atoms with van der Waals surface area (Å²) in [5, 5.41) is 10.2. The summed E-state index contributed by atoms with van der Waals surface area (Å²) in [4.78, 5) is 24.9. The highest BCUT2D eigenvalue weighted by Gasteiger charge is 2.43. The molecule has 0 aliphatic heterocycles. The molecule has 1 aromatic carbocycles. The first-order valence-corrected chi connectivity index (χ1v) is 10.9. The molecule has 8 heteroatoms. The van der Waals surface area contributed by atoms with Crippen molar-refractivity contribution >= 4 is 32.1 Å². The van der Waals surface area contributed by atoms with E-state index in [0.29, 0.717) is 5.39 Å². The summed E-state index contributed by atoms with van der Waals surface area (Å²) in [5.74, 6) is -1.03. The Morgan fingerprint density at radius 3 is 2.55 bits per heavy atom. The number of benzene rings is 1. The first-order valence-electron chi connectivity index (χ1n) is 9.04. The Labute approximate surface area is 170 Å². The zero-order valence-corrected chi connectivity index (χ0v) is 17.8. The average Bonchev–Trinajstić information content (AvgIpc) is 2.67. The summed E-state index contributed by atoms with van der Waals surface area (Å²) < 4.78 is 23.8. The van der Waals surface area contributed by atoms with Crippen LogP contribution in [0.3, 0.4) is 0 Å². The number of carbonyl (C=O) groups excluding carboxylic acids is 1. The summed E-state index contributed by atoms with van der Waals surface area (Å²) in [5.41, 5.74) is 3.98. The van der Waals surface area contributed by atoms with Crippen molar-refractivity contribution in [2.24, 2.45) is 0 Å². The van der Waals surface area contributed by atoms with Crippen molar-refractivity contribution in [1.82, 2.24) is 10.0 Å². The topological polar surface area (TPSA) is 105 Å². The zero-order valence-electron chi connectivity index (χ0n) is 17.0. The maximum atomic E-state index is 12.9. The predicted octanol–water partition coefficient (Wildman–Crippen LogP) is 2.60. The molecule has 0 unspecified atom stereocenters. The number of aromatic nitrogens is 1. The van der Waals surface area contributed by atoms with Gasteiger partial charge in [0.05, 0.1) is 0 Å². The number of amides is 1. The Balaban J connectivity index is 2.50. The van der Waals surface area contributed by atoms with E-state index in [1.54, 1.807) is 18.3 Å². The number of pyridine rings is 1. The van der Waals surface area contributed by atoms with Crippen molar-refractivity contribution in [3.8, 4) is 0 Å². The lowest BCUT2D eigenvalue weighted by atomic mass is 10.0. The molecule has 0 aliphatic carbocycles. The minimum absolute atomic E-state index is 0.00372. The van der Waals surface area contributed by atoms with E-state index >= 15 is 0 Å². The van der Waals surface area contributed by atoms with Gasteiger partial charge in [-0.2, -0.15) is 0 Å². The Morgan fingerprint density at radius 1 is 1.34 bits per heavy atom. The fourth-order valence-electron chi connectivity index (χ4n) is 3.18. The summed E-state index contributed by atoms with van der Waals surface area (Å²) in [7, 11) is -3.83. The fraction of sp³-hybridized carbons (Fsp3) is 0.333. The lowest BCUT2D eigenvalue weighted by Gasteiger charge is -2.25. The molecule has 1 aromatic heterocycles. The molecular weight excluding hydrogens is 392 g/mol. The zero-order chi connectivity index (χ0) is 22.0. The van der Waals surface area contributed by atoms with Gasteiger partial charge in [-0.1, -0.05) is 24.8 Å². The van der Waals surface area contributed by atoms with Crippen LogP contribution in [0.5, 0.6) is 0 Å². The third-order valence-electron chi connectivity index (χ3n) is 5.34. The van der Waals surface area contributed by atoms with Gasteiger partial charge in [0.1, 0.15) is 0 Å². The van der Waals surface area contributed by atoms with E-state index in [-0.39, 0.29) is 18.5 Å². The minimum atomic E-state index is -3.83. The lowest BCUT2D eigenvalue weighted by molar-refractivity contribution is -0.131. The first kappa shape index (κ1) is 22.6. The van der Waals surface area contributed by atoms with Crippen molar-refractivity contribution in [2.75, 3.05) is 6.26 Å². The van der Waals surface area contributed by atoms with Gasteiger partial charge < -0.3 is 4.57 Å². The van der Waals surface area contributed by atoms with E-state index in [0.717, 1.165) is 28.3 Å². The highest BCUT2D eigenvalue weighted by atomic mass is 32.2. The predicted molar refractivity (Wildman–Crippen MR) is 115 cm³/mol. The molecule has 0 radical (unpaired) electrons. The molecule has 2 aromatic rings. The van der Waals surface area contributed by atoms with Gasteiger partial charge in [-0.3, -0.25) is 14.8 Å². The van der Waals surface area contributed by atoms with Crippen LogP contribution in [0.1, 0.15) is 31.4 Å². The van der Waals surface area contributed by atoms with Crippen LogP contribution in [0.2, 0.25) is 0 Å². The van der Waals surface area contributed by atoms with E-state index in [1.807, 2.05) is 32.1 Å². The molecule has 7 nitrogen and oxygen atoms in total. The molecular formula is C21H26N2O5S. The van der Waals surface area contributed by atoms with E-state index in [9.17, 15) is 18.0 Å². The number of nitrogens with zero attached hydrogens (tertiary/aromatic N) is 1. The van der Waals surface area contributed by atoms with Gasteiger partial charge in [0.2, 0.25) is 0 Å². The second-order valence-electron chi connectivity index (χ2n) is 7.35. The smallest absolute Gasteiger partial charge is 0.264 e. The first-order chi connectivity index (χ1) is 13.5. The van der Waals surface area contributed by atoms with Gasteiger partial charge in [-0.05, 0) is 61.4 Å². The monoisotopic (exact) mass is 418 g/mol. The number of hydrogen-bond donors (Lipinski definition) is 2. The van der Waals surface area contributed by atoms with Crippen molar-refractivity contribution < 1.29 is 18.4 Å². The summed E-state index contributed by atoms with van der Waals surface area (Å²) in [6, 6.07) is 5.53. The molecule has 29 heavy (non-hydrogen) atoms. The van der Waals surface area contributed by atoms with E-state index in [1.165, 1.54) is 17.0 Å². The highest BCUT2D eigenvalue weighted by Crippen LogP contribution is 2.24. The van der Waals surface area contributed by atoms with Gasteiger partial charge in [-0.15, -0.1) is 0 Å². The Bertz CT molecular complexity index is 1160. The SMILES string of the molecule is C=C/C=C(\C)c1ccc2c(=O)n(CC[C@](C)(C(=O)NO)S(C)(=O)=O)cc(C)c2c1. The van der Waals surface area contributed by atoms with Crippen LogP contribution < -0.4 is 11.0 Å². The maximum absolute atomic E-state index is 12.9. The standard InChI is InChI=1S/C21H26N2O5S/c1-6-7-14(2)16-8-9-17-18(12-16)15(3)13-23(19(17)24)11-10-21(4,20(25)22-26)29(5,27)28/h6-9,12-13,26H,1,10-11H2,2-5H3,(H,22,25)/b14-7+/t21-/m1/s1. The van der Waals surface area contributed by atoms with Crippen LogP contribution in [0.15, 0.2) is 47.9 Å². The Hall–Kier alpha value is -2.71. The molecule has 1 atom stereocenters. The van der Waals surface area contributed by atoms with Crippen LogP contribution in [0.25, 0.3) is 16.3 Å². The lowest BCUT2D eigenvalue weighted by Crippen LogP contribution is -2.50. The largest absolute Gasteiger partial charge is 0.315 e. The molecule has 2 rings (SSSR count). The minimum Gasteiger partial charge on any atom is -0.315 e. The number of nitrogens with one attached hydrogen (secondary N) is 1. The van der Waals surface area contributed by atoms with Gasteiger partial charge in [0.25, 0.3) is 11.5 Å². The van der Waals surface area contributed by atoms with Crippen LogP contribution in [-0.2, 0) is 21.2 Å². The van der Waals surface area contributed by atoms with Crippen molar-refractivity contribution in [3.05, 3.63) is 64.6 Å². The van der Waals surface area contributed by atoms with Gasteiger partial charge in [0, 0.05) is 24.4 Å². The number of hydroxylamine groups is 1. The van der Waals surface area contributed by atoms with Crippen LogP contribution in [0.4, 0.5) is 0 Å². The Morgan fingerprint density at radius 2 is 2.00 bits per heavy atom. The number of sulfone groups is 1. The third kappa shape index (κ3) is 4.33. The molecule has 0 saturated carbocycles. The van der Waals surface area contributed by atoms with E-state index < -0.39 is 20.5 Å². The average molecular weight is 419 g/mol. The van der Waals surface area contributed by atoms with Crippen LogP contribution in [-0.4, -0.2) is 35.1 Å². The van der Waals surface area contributed by atoms with Gasteiger partial charge in [-0.25, -0.2) is 13.9 Å². The second kappa shape index (κ2) is 8.34. The highest BCUT2D eigenvalue weighted by molar-refractivity contribution is 7.92. The Kier molecular flexibility index (Phi) is 6.50. The quantitative estimate of drug-likeness (QED) is 0.408. The number of aryl methyl sites for hydroxylation is 2. The number of allylic oxidation sites excluding steroid dienone is 3. The number of rotatable bonds is 7. The molecule has 1 heterocycles. The number of fused-ring (bicyclic) bond motifs is 1. The fourth-order valence-corrected chi connectivity index (χ4v) is 4.02. The molecule has 2 N–H and O–H groups in total. The number of hydrogen-bond acceptors (Lipinski definition) is 5. The third-order valence-corrected chi connectivity index (χ3v) is 7.36. The molecule has 156 valence electrons. The summed E-state index contributed by atoms with van der Waals surface area (Å²) in [6.45, 7) is 8.75. The molecule has 1 amide bonds. The normalized spacial score (nSPS) is 14.4. The van der Waals surface area contributed by atoms with Crippen LogP contribution in [0, 0.1) is 6.92 Å². The van der Waals surface area contributed by atoms with Crippen molar-refractivity contribution in [1.29, 1.82) is 0 Å². The number of carbonyl (C=O) groups is 1. The maximum Gasteiger partial charge on any atom is 0.264 e. The van der Waals surface area contributed by atoms with E-state index in [2.05, 4.69) is 6.58 Å². The van der Waals surface area contributed by atoms with Crippen molar-refractivity contribution in [3.63, 3.8) is 0 Å². The van der Waals surface area contributed by atoms with E-state index in [4.69, 9.17) is 5.21 Å². The van der Waals surface area contributed by atoms with Crippen molar-refractivity contribution in [2.45, 2.75) is 38.5 Å². The van der Waals surface area contributed by atoms with Gasteiger partial charge >= 0.3 is 0 Å². The van der Waals surface area contributed by atoms with Gasteiger partial charge in [0.15, 0.2) is 14.6 Å².